The highest BCUT2D eigenvalue weighted by atomic mass is 32.2. The van der Waals surface area contributed by atoms with Crippen LogP contribution < -0.4 is 11.1 Å². The minimum Gasteiger partial charge on any atom is -0.368 e. The summed E-state index contributed by atoms with van der Waals surface area (Å²) >= 11 is 3.56. The molecule has 96 valence electrons. The van der Waals surface area contributed by atoms with Crippen LogP contribution in [0, 0.1) is 0 Å². The number of nitrogens with two attached hydrogens (primary N) is 1. The number of fused-ring (bicyclic) bond motifs is 1. The Kier molecular flexibility index (Phi) is 3.30. The van der Waals surface area contributed by atoms with Crippen molar-refractivity contribution in [2.45, 2.75) is 30.6 Å². The van der Waals surface area contributed by atoms with E-state index in [4.69, 9.17) is 5.73 Å². The van der Waals surface area contributed by atoms with Gasteiger partial charge in [-0.2, -0.15) is 16.7 Å². The van der Waals surface area contributed by atoms with Crippen molar-refractivity contribution in [3.63, 3.8) is 0 Å². The summed E-state index contributed by atoms with van der Waals surface area (Å²) in [5.74, 6) is 1.25. The van der Waals surface area contributed by atoms with Crippen LogP contribution in [-0.2, 0) is 0 Å². The largest absolute Gasteiger partial charge is 0.368 e. The number of thioether (sulfide) groups is 1. The molecule has 0 spiro atoms. The van der Waals surface area contributed by atoms with Gasteiger partial charge in [0.2, 0.25) is 5.95 Å². The van der Waals surface area contributed by atoms with E-state index in [1.165, 1.54) is 19.3 Å². The number of hydrogen-bond acceptors (Lipinski definition) is 6. The first kappa shape index (κ1) is 12.0. The molecule has 0 saturated heterocycles. The van der Waals surface area contributed by atoms with E-state index in [2.05, 4.69) is 27.6 Å². The van der Waals surface area contributed by atoms with Crippen molar-refractivity contribution in [2.24, 2.45) is 0 Å². The molecule has 0 aliphatic heterocycles. The fraction of sp³-hybridized carbons (Fsp3) is 0.500. The molecule has 2 aromatic heterocycles. The molecule has 1 fully saturated rings. The Balaban J connectivity index is 1.84. The highest BCUT2D eigenvalue weighted by Crippen LogP contribution is 2.32. The average Bonchev–Trinajstić information content (AvgIpc) is 2.97. The lowest BCUT2D eigenvalue weighted by Crippen LogP contribution is -2.17. The average molecular weight is 280 g/mol. The molecule has 6 heteroatoms. The van der Waals surface area contributed by atoms with E-state index in [9.17, 15) is 0 Å². The first-order valence-electron chi connectivity index (χ1n) is 6.06. The predicted molar refractivity (Wildman–Crippen MR) is 80.4 cm³/mol. The van der Waals surface area contributed by atoms with Crippen LogP contribution in [0.5, 0.6) is 0 Å². The van der Waals surface area contributed by atoms with Gasteiger partial charge in [0.15, 0.2) is 0 Å². The molecule has 3 rings (SSSR count). The molecule has 3 N–H and O–H groups in total. The highest BCUT2D eigenvalue weighted by molar-refractivity contribution is 7.99. The molecule has 4 nitrogen and oxygen atoms in total. The summed E-state index contributed by atoms with van der Waals surface area (Å²) in [4.78, 5) is 9.55. The Morgan fingerprint density at radius 1 is 1.44 bits per heavy atom. The van der Waals surface area contributed by atoms with Crippen LogP contribution >= 0.6 is 23.1 Å². The van der Waals surface area contributed by atoms with Crippen molar-refractivity contribution in [1.29, 1.82) is 0 Å². The summed E-state index contributed by atoms with van der Waals surface area (Å²) in [6.07, 6.45) is 5.89. The fourth-order valence-electron chi connectivity index (χ4n) is 2.46. The summed E-state index contributed by atoms with van der Waals surface area (Å²) in [5, 5.41) is 7.43. The summed E-state index contributed by atoms with van der Waals surface area (Å²) in [7, 11) is 0. The first-order valence-corrected chi connectivity index (χ1v) is 8.23. The Hall–Kier alpha value is -1.01. The minimum atomic E-state index is 0.354. The summed E-state index contributed by atoms with van der Waals surface area (Å²) < 4.78 is 0. The summed E-state index contributed by atoms with van der Waals surface area (Å²) in [6.45, 7) is 0. The van der Waals surface area contributed by atoms with Gasteiger partial charge in [-0.05, 0) is 37.0 Å². The van der Waals surface area contributed by atoms with Gasteiger partial charge in [0.1, 0.15) is 10.6 Å². The SMILES string of the molecule is CSC1CCC(Nc2nc(N)nc3sccc23)C1. The zero-order valence-electron chi connectivity index (χ0n) is 10.2. The molecule has 18 heavy (non-hydrogen) atoms. The fourth-order valence-corrected chi connectivity index (χ4v) is 4.03. The molecule has 0 radical (unpaired) electrons. The first-order chi connectivity index (χ1) is 8.76. The maximum Gasteiger partial charge on any atom is 0.223 e. The Morgan fingerprint density at radius 3 is 3.11 bits per heavy atom. The van der Waals surface area contributed by atoms with Crippen molar-refractivity contribution in [2.75, 3.05) is 17.3 Å². The Bertz CT molecular complexity index is 554. The molecule has 2 aromatic rings. The van der Waals surface area contributed by atoms with E-state index in [1.807, 2.05) is 17.1 Å². The lowest BCUT2D eigenvalue weighted by atomic mass is 10.2. The topological polar surface area (TPSA) is 63.8 Å². The monoisotopic (exact) mass is 280 g/mol. The third kappa shape index (κ3) is 2.27. The molecule has 1 aliphatic carbocycles. The second-order valence-electron chi connectivity index (χ2n) is 4.58. The van der Waals surface area contributed by atoms with Crippen LogP contribution in [0.3, 0.4) is 0 Å². The van der Waals surface area contributed by atoms with Gasteiger partial charge in [-0.3, -0.25) is 0 Å². The zero-order chi connectivity index (χ0) is 12.5. The van der Waals surface area contributed by atoms with Gasteiger partial charge in [0.25, 0.3) is 0 Å². The number of rotatable bonds is 3. The van der Waals surface area contributed by atoms with E-state index in [0.717, 1.165) is 21.3 Å². The van der Waals surface area contributed by atoms with Crippen LogP contribution in [0.2, 0.25) is 0 Å². The number of hydrogen-bond donors (Lipinski definition) is 2. The Morgan fingerprint density at radius 2 is 2.33 bits per heavy atom. The minimum absolute atomic E-state index is 0.354. The van der Waals surface area contributed by atoms with Gasteiger partial charge in [0.05, 0.1) is 5.39 Å². The van der Waals surface area contributed by atoms with Gasteiger partial charge in [-0.1, -0.05) is 0 Å². The molecule has 2 unspecified atom stereocenters. The second-order valence-corrected chi connectivity index (χ2v) is 6.61. The third-order valence-electron chi connectivity index (χ3n) is 3.40. The van der Waals surface area contributed by atoms with Gasteiger partial charge in [0, 0.05) is 11.3 Å². The van der Waals surface area contributed by atoms with E-state index in [1.54, 1.807) is 11.3 Å². The molecule has 1 aliphatic rings. The molecular formula is C12H16N4S2. The van der Waals surface area contributed by atoms with Crippen molar-refractivity contribution >= 4 is 45.1 Å². The number of anilines is 2. The highest BCUT2D eigenvalue weighted by Gasteiger charge is 2.24. The van der Waals surface area contributed by atoms with E-state index < -0.39 is 0 Å². The number of nitrogens with zero attached hydrogens (tertiary/aromatic N) is 2. The number of nitrogen functional groups attached to an aromatic ring is 1. The zero-order valence-corrected chi connectivity index (χ0v) is 11.9. The normalized spacial score (nSPS) is 23.6. The molecule has 0 aromatic carbocycles. The van der Waals surface area contributed by atoms with Crippen LogP contribution in [0.4, 0.5) is 11.8 Å². The molecule has 0 bridgehead atoms. The number of aromatic nitrogens is 2. The lowest BCUT2D eigenvalue weighted by Gasteiger charge is -2.14. The maximum atomic E-state index is 5.75. The molecule has 2 heterocycles. The quantitative estimate of drug-likeness (QED) is 0.905. The van der Waals surface area contributed by atoms with Crippen molar-refractivity contribution in [3.05, 3.63) is 11.4 Å². The van der Waals surface area contributed by atoms with Gasteiger partial charge in [-0.15, -0.1) is 11.3 Å². The maximum absolute atomic E-state index is 5.75. The summed E-state index contributed by atoms with van der Waals surface area (Å²) in [5.41, 5.74) is 5.75. The van der Waals surface area contributed by atoms with E-state index >= 15 is 0 Å². The van der Waals surface area contributed by atoms with E-state index in [-0.39, 0.29) is 0 Å². The predicted octanol–water partition coefficient (Wildman–Crippen LogP) is 2.97. The van der Waals surface area contributed by atoms with Crippen molar-refractivity contribution in [1.82, 2.24) is 9.97 Å². The number of nitrogens with one attached hydrogen (secondary N) is 1. The number of thiophene rings is 1. The van der Waals surface area contributed by atoms with Gasteiger partial charge in [-0.25, -0.2) is 4.98 Å². The second kappa shape index (κ2) is 4.93. The van der Waals surface area contributed by atoms with E-state index in [0.29, 0.717) is 12.0 Å². The van der Waals surface area contributed by atoms with Crippen molar-refractivity contribution < 1.29 is 0 Å². The van der Waals surface area contributed by atoms with Crippen LogP contribution in [-0.4, -0.2) is 27.5 Å². The van der Waals surface area contributed by atoms with Gasteiger partial charge < -0.3 is 11.1 Å². The van der Waals surface area contributed by atoms with Crippen LogP contribution in [0.1, 0.15) is 19.3 Å². The van der Waals surface area contributed by atoms with Crippen molar-refractivity contribution in [3.8, 4) is 0 Å². The lowest BCUT2D eigenvalue weighted by molar-refractivity contribution is 0.753. The third-order valence-corrected chi connectivity index (χ3v) is 5.30. The molecule has 1 saturated carbocycles. The van der Waals surface area contributed by atoms with Gasteiger partial charge >= 0.3 is 0 Å². The molecule has 2 atom stereocenters. The van der Waals surface area contributed by atoms with Crippen LogP contribution in [0.15, 0.2) is 11.4 Å². The smallest absolute Gasteiger partial charge is 0.223 e. The molecular weight excluding hydrogens is 264 g/mol. The Labute approximate surface area is 114 Å². The molecule has 0 amide bonds. The van der Waals surface area contributed by atoms with Crippen LogP contribution in [0.25, 0.3) is 10.2 Å². The standard InChI is InChI=1S/C12H16N4S2/c1-17-8-3-2-7(6-8)14-10-9-4-5-18-11(9)16-12(13)15-10/h4-5,7-8H,2-3,6H2,1H3,(H3,13,14,15,16). The summed E-state index contributed by atoms with van der Waals surface area (Å²) in [6, 6.07) is 2.57.